The lowest BCUT2D eigenvalue weighted by Crippen LogP contribution is -2.57. The highest BCUT2D eigenvalue weighted by molar-refractivity contribution is 7.80. The van der Waals surface area contributed by atoms with Gasteiger partial charge in [0.2, 0.25) is 0 Å². The number of nitrogens with zero attached hydrogens (tertiary/aromatic N) is 2. The smallest absolute Gasteiger partial charge is 0.0902 e. The Labute approximate surface area is 92.2 Å². The average molecular weight is 215 g/mol. The van der Waals surface area contributed by atoms with Gasteiger partial charge in [0.15, 0.2) is 0 Å². The molecule has 1 heterocycles. The molecule has 2 unspecified atom stereocenters. The summed E-state index contributed by atoms with van der Waals surface area (Å²) < 4.78 is 0. The van der Waals surface area contributed by atoms with Crippen LogP contribution in [-0.2, 0) is 0 Å². The number of nitrogens with two attached hydrogens (primary N) is 1. The molecule has 1 saturated heterocycles. The molecular weight excluding hydrogens is 194 g/mol. The zero-order valence-corrected chi connectivity index (χ0v) is 10.2. The van der Waals surface area contributed by atoms with Crippen molar-refractivity contribution in [1.29, 1.82) is 0 Å². The van der Waals surface area contributed by atoms with Crippen LogP contribution in [0.3, 0.4) is 0 Å². The van der Waals surface area contributed by atoms with E-state index in [0.29, 0.717) is 11.0 Å². The summed E-state index contributed by atoms with van der Waals surface area (Å²) in [6.07, 6.45) is 1.02. The van der Waals surface area contributed by atoms with Gasteiger partial charge in [0.1, 0.15) is 0 Å². The first-order chi connectivity index (χ1) is 6.56. The monoisotopic (exact) mass is 215 g/mol. The molecule has 1 rings (SSSR count). The summed E-state index contributed by atoms with van der Waals surface area (Å²) in [4.78, 5) is 5.43. The van der Waals surface area contributed by atoms with E-state index in [0.717, 1.165) is 26.1 Å². The van der Waals surface area contributed by atoms with Crippen molar-refractivity contribution in [3.8, 4) is 0 Å². The van der Waals surface area contributed by atoms with E-state index in [1.165, 1.54) is 0 Å². The Balaban J connectivity index is 2.62. The van der Waals surface area contributed by atoms with Crippen LogP contribution in [0, 0.1) is 0 Å². The topological polar surface area (TPSA) is 32.5 Å². The van der Waals surface area contributed by atoms with Crippen LogP contribution in [0.15, 0.2) is 0 Å². The van der Waals surface area contributed by atoms with Gasteiger partial charge >= 0.3 is 0 Å². The SMILES string of the molecule is CCC(C(N)=S)N1CCN(C)CC1C. The van der Waals surface area contributed by atoms with Gasteiger partial charge in [0.25, 0.3) is 0 Å². The first kappa shape index (κ1) is 11.9. The zero-order valence-electron chi connectivity index (χ0n) is 9.36. The molecule has 2 N–H and O–H groups in total. The van der Waals surface area contributed by atoms with Crippen LogP contribution in [0.5, 0.6) is 0 Å². The molecule has 0 amide bonds. The van der Waals surface area contributed by atoms with Crippen LogP contribution >= 0.6 is 12.2 Å². The van der Waals surface area contributed by atoms with Gasteiger partial charge in [0.05, 0.1) is 11.0 Å². The second-order valence-electron chi connectivity index (χ2n) is 4.18. The minimum absolute atomic E-state index is 0.286. The maximum atomic E-state index is 5.75. The molecule has 1 aliphatic rings. The molecule has 1 fully saturated rings. The van der Waals surface area contributed by atoms with E-state index in [-0.39, 0.29) is 6.04 Å². The van der Waals surface area contributed by atoms with Gasteiger partial charge in [-0.3, -0.25) is 4.90 Å². The lowest BCUT2D eigenvalue weighted by molar-refractivity contribution is 0.0827. The van der Waals surface area contributed by atoms with E-state index in [4.69, 9.17) is 18.0 Å². The van der Waals surface area contributed by atoms with E-state index < -0.39 is 0 Å². The van der Waals surface area contributed by atoms with Crippen molar-refractivity contribution >= 4 is 17.2 Å². The minimum atomic E-state index is 0.286. The maximum absolute atomic E-state index is 5.75. The Bertz CT molecular complexity index is 208. The molecule has 2 atom stereocenters. The molecule has 14 heavy (non-hydrogen) atoms. The van der Waals surface area contributed by atoms with Crippen molar-refractivity contribution in [3.63, 3.8) is 0 Å². The molecule has 82 valence electrons. The van der Waals surface area contributed by atoms with Gasteiger partial charge in [-0.05, 0) is 20.4 Å². The zero-order chi connectivity index (χ0) is 10.7. The molecule has 3 nitrogen and oxygen atoms in total. The number of rotatable bonds is 3. The lowest BCUT2D eigenvalue weighted by atomic mass is 10.1. The third-order valence-corrected chi connectivity index (χ3v) is 3.27. The maximum Gasteiger partial charge on any atom is 0.0902 e. The summed E-state index contributed by atoms with van der Waals surface area (Å²) in [5, 5.41) is 0. The highest BCUT2D eigenvalue weighted by Gasteiger charge is 2.28. The first-order valence-corrected chi connectivity index (χ1v) is 5.70. The fraction of sp³-hybridized carbons (Fsp3) is 0.900. The summed E-state index contributed by atoms with van der Waals surface area (Å²) in [5.74, 6) is 0. The van der Waals surface area contributed by atoms with Crippen LogP contribution in [0.4, 0.5) is 0 Å². The number of likely N-dealkylation sites (N-methyl/N-ethyl adjacent to an activating group) is 1. The van der Waals surface area contributed by atoms with Crippen LogP contribution < -0.4 is 5.73 Å². The summed E-state index contributed by atoms with van der Waals surface area (Å²) in [5.41, 5.74) is 5.75. The Morgan fingerprint density at radius 1 is 1.57 bits per heavy atom. The number of piperazine rings is 1. The van der Waals surface area contributed by atoms with E-state index in [1.807, 2.05) is 0 Å². The molecule has 0 spiro atoms. The van der Waals surface area contributed by atoms with Gasteiger partial charge < -0.3 is 10.6 Å². The van der Waals surface area contributed by atoms with Crippen molar-refractivity contribution in [1.82, 2.24) is 9.80 Å². The van der Waals surface area contributed by atoms with Gasteiger partial charge in [-0.1, -0.05) is 19.1 Å². The summed E-state index contributed by atoms with van der Waals surface area (Å²) in [6, 6.07) is 0.842. The number of hydrogen-bond donors (Lipinski definition) is 1. The van der Waals surface area contributed by atoms with E-state index >= 15 is 0 Å². The molecule has 4 heteroatoms. The largest absolute Gasteiger partial charge is 0.392 e. The normalized spacial score (nSPS) is 27.5. The van der Waals surface area contributed by atoms with E-state index in [1.54, 1.807) is 0 Å². The standard InChI is InChI=1S/C10H21N3S/c1-4-9(10(11)14)13-6-5-12(3)7-8(13)2/h8-9H,4-7H2,1-3H3,(H2,11,14). The molecule has 0 aromatic carbocycles. The fourth-order valence-corrected chi connectivity index (χ4v) is 2.52. The minimum Gasteiger partial charge on any atom is -0.392 e. The van der Waals surface area contributed by atoms with E-state index in [2.05, 4.69) is 30.7 Å². The fourth-order valence-electron chi connectivity index (χ4n) is 2.22. The van der Waals surface area contributed by atoms with Crippen molar-refractivity contribution in [2.75, 3.05) is 26.7 Å². The van der Waals surface area contributed by atoms with E-state index in [9.17, 15) is 0 Å². The van der Waals surface area contributed by atoms with Crippen LogP contribution in [0.1, 0.15) is 20.3 Å². The number of hydrogen-bond acceptors (Lipinski definition) is 3. The molecule has 0 radical (unpaired) electrons. The molecule has 0 aromatic rings. The molecular formula is C10H21N3S. The van der Waals surface area contributed by atoms with Crippen LogP contribution in [0.25, 0.3) is 0 Å². The quantitative estimate of drug-likeness (QED) is 0.702. The van der Waals surface area contributed by atoms with Crippen molar-refractivity contribution in [2.24, 2.45) is 5.73 Å². The third kappa shape index (κ3) is 2.65. The summed E-state index contributed by atoms with van der Waals surface area (Å²) in [7, 11) is 2.16. The Kier molecular flexibility index (Phi) is 4.29. The molecule has 0 saturated carbocycles. The molecule has 0 aromatic heterocycles. The molecule has 1 aliphatic heterocycles. The molecule has 0 bridgehead atoms. The highest BCUT2D eigenvalue weighted by Crippen LogP contribution is 2.14. The average Bonchev–Trinajstić information content (AvgIpc) is 2.09. The Morgan fingerprint density at radius 2 is 2.21 bits per heavy atom. The lowest BCUT2D eigenvalue weighted by Gasteiger charge is -2.42. The predicted molar refractivity (Wildman–Crippen MR) is 64.5 cm³/mol. The Hall–Kier alpha value is -0.190. The second kappa shape index (κ2) is 5.05. The molecule has 0 aliphatic carbocycles. The second-order valence-corrected chi connectivity index (χ2v) is 4.65. The van der Waals surface area contributed by atoms with Crippen LogP contribution in [0.2, 0.25) is 0 Å². The van der Waals surface area contributed by atoms with Crippen molar-refractivity contribution in [3.05, 3.63) is 0 Å². The predicted octanol–water partition coefficient (Wildman–Crippen LogP) is 0.687. The van der Waals surface area contributed by atoms with Crippen molar-refractivity contribution < 1.29 is 0 Å². The first-order valence-electron chi connectivity index (χ1n) is 5.29. The highest BCUT2D eigenvalue weighted by atomic mass is 32.1. The van der Waals surface area contributed by atoms with Gasteiger partial charge in [-0.25, -0.2) is 0 Å². The van der Waals surface area contributed by atoms with Gasteiger partial charge in [-0.15, -0.1) is 0 Å². The van der Waals surface area contributed by atoms with Crippen molar-refractivity contribution in [2.45, 2.75) is 32.4 Å². The third-order valence-electron chi connectivity index (χ3n) is 3.00. The van der Waals surface area contributed by atoms with Crippen LogP contribution in [-0.4, -0.2) is 53.6 Å². The summed E-state index contributed by atoms with van der Waals surface area (Å²) >= 11 is 5.10. The van der Waals surface area contributed by atoms with Gasteiger partial charge in [-0.2, -0.15) is 0 Å². The Morgan fingerprint density at radius 3 is 2.64 bits per heavy atom. The summed E-state index contributed by atoms with van der Waals surface area (Å²) in [6.45, 7) is 7.70. The van der Waals surface area contributed by atoms with Gasteiger partial charge in [0, 0.05) is 25.7 Å². The number of thiocarbonyl (C=S) groups is 1.